The lowest BCUT2D eigenvalue weighted by Gasteiger charge is -2.09. The highest BCUT2D eigenvalue weighted by molar-refractivity contribution is 9.11. The Morgan fingerprint density at radius 2 is 2.00 bits per heavy atom. The molecule has 0 atom stereocenters. The van der Waals surface area contributed by atoms with Crippen molar-refractivity contribution in [3.05, 3.63) is 37.2 Å². The van der Waals surface area contributed by atoms with E-state index >= 15 is 0 Å². The van der Waals surface area contributed by atoms with E-state index in [1.165, 1.54) is 4.88 Å². The summed E-state index contributed by atoms with van der Waals surface area (Å²) in [5.74, 6) is 0.800. The van der Waals surface area contributed by atoms with Crippen molar-refractivity contribution in [2.24, 2.45) is 5.10 Å². The first-order valence-corrected chi connectivity index (χ1v) is 8.76. The van der Waals surface area contributed by atoms with Crippen LogP contribution in [0.3, 0.4) is 0 Å². The lowest BCUT2D eigenvalue weighted by molar-refractivity contribution is 0.336. The molecule has 1 heterocycles. The number of rotatable bonds is 5. The first-order valence-electron chi connectivity index (χ1n) is 6.36. The summed E-state index contributed by atoms with van der Waals surface area (Å²) < 4.78 is 7.33. The SMILES string of the molecule is CCOc1c(Br)cc(/C=N\Nc2nc(C)c(C)s2)cc1Br. The first kappa shape index (κ1) is 16.5. The van der Waals surface area contributed by atoms with Crippen LogP contribution in [0.25, 0.3) is 0 Å². The van der Waals surface area contributed by atoms with Crippen molar-refractivity contribution < 1.29 is 4.74 Å². The molecule has 0 unspecified atom stereocenters. The molecule has 1 N–H and O–H groups in total. The van der Waals surface area contributed by atoms with Gasteiger partial charge in [0, 0.05) is 4.88 Å². The largest absolute Gasteiger partial charge is 0.492 e. The molecule has 7 heteroatoms. The predicted molar refractivity (Wildman–Crippen MR) is 95.8 cm³/mol. The average molecular weight is 433 g/mol. The number of hydrogen-bond acceptors (Lipinski definition) is 5. The fraction of sp³-hybridized carbons (Fsp3) is 0.286. The Morgan fingerprint density at radius 3 is 2.52 bits per heavy atom. The second-order valence-corrected chi connectivity index (χ2v) is 7.19. The van der Waals surface area contributed by atoms with Crippen molar-refractivity contribution in [3.8, 4) is 5.75 Å². The highest BCUT2D eigenvalue weighted by atomic mass is 79.9. The van der Waals surface area contributed by atoms with Crippen molar-refractivity contribution in [1.29, 1.82) is 0 Å². The second kappa shape index (κ2) is 7.38. The molecule has 112 valence electrons. The van der Waals surface area contributed by atoms with Gasteiger partial charge >= 0.3 is 0 Å². The van der Waals surface area contributed by atoms with Gasteiger partial charge in [0.15, 0.2) is 0 Å². The Hall–Kier alpha value is -0.920. The fourth-order valence-corrected chi connectivity index (χ4v) is 3.83. The summed E-state index contributed by atoms with van der Waals surface area (Å²) in [6.45, 7) is 6.61. The molecule has 2 aromatic rings. The zero-order valence-electron chi connectivity index (χ0n) is 11.9. The number of thiazole rings is 1. The number of nitrogens with one attached hydrogen (secondary N) is 1. The summed E-state index contributed by atoms with van der Waals surface area (Å²) in [7, 11) is 0. The molecule has 0 amide bonds. The molecule has 21 heavy (non-hydrogen) atoms. The van der Waals surface area contributed by atoms with Crippen LogP contribution in [0, 0.1) is 13.8 Å². The van der Waals surface area contributed by atoms with Crippen LogP contribution in [-0.4, -0.2) is 17.8 Å². The Labute approximate surface area is 144 Å². The lowest BCUT2D eigenvalue weighted by atomic mass is 10.2. The van der Waals surface area contributed by atoms with Gasteiger partial charge in [0.25, 0.3) is 0 Å². The van der Waals surface area contributed by atoms with Gasteiger partial charge in [0.05, 0.1) is 27.5 Å². The maximum Gasteiger partial charge on any atom is 0.203 e. The van der Waals surface area contributed by atoms with Crippen LogP contribution in [0.1, 0.15) is 23.1 Å². The Balaban J connectivity index is 2.10. The van der Waals surface area contributed by atoms with Gasteiger partial charge in [0.2, 0.25) is 5.13 Å². The predicted octanol–water partition coefficient (Wildman–Crippen LogP) is 5.13. The molecule has 1 aromatic heterocycles. The van der Waals surface area contributed by atoms with E-state index in [0.717, 1.165) is 31.1 Å². The quantitative estimate of drug-likeness (QED) is 0.526. The van der Waals surface area contributed by atoms with Gasteiger partial charge in [-0.1, -0.05) is 0 Å². The maximum atomic E-state index is 5.55. The van der Waals surface area contributed by atoms with E-state index in [0.29, 0.717) is 6.61 Å². The van der Waals surface area contributed by atoms with Gasteiger partial charge < -0.3 is 4.74 Å². The lowest BCUT2D eigenvalue weighted by Crippen LogP contribution is -1.95. The van der Waals surface area contributed by atoms with Crippen LogP contribution in [0.2, 0.25) is 0 Å². The molecule has 0 aliphatic heterocycles. The standard InChI is InChI=1S/C14H15Br2N3OS/c1-4-20-13-11(15)5-10(6-12(13)16)7-17-19-14-18-8(2)9(3)21-14/h5-7H,4H2,1-3H3,(H,18,19)/b17-7-. The molecule has 0 aliphatic carbocycles. The molecule has 0 radical (unpaired) electrons. The number of anilines is 1. The van der Waals surface area contributed by atoms with Crippen molar-refractivity contribution >= 4 is 54.5 Å². The maximum absolute atomic E-state index is 5.55. The Bertz CT molecular complexity index is 628. The number of aromatic nitrogens is 1. The van der Waals surface area contributed by atoms with Crippen LogP contribution in [0.15, 0.2) is 26.2 Å². The molecule has 4 nitrogen and oxygen atoms in total. The number of aryl methyl sites for hydroxylation is 2. The van der Waals surface area contributed by atoms with E-state index < -0.39 is 0 Å². The minimum atomic E-state index is 0.620. The molecule has 2 rings (SSSR count). The minimum Gasteiger partial charge on any atom is -0.492 e. The normalized spacial score (nSPS) is 11.1. The third kappa shape index (κ3) is 4.28. The van der Waals surface area contributed by atoms with E-state index in [1.807, 2.05) is 32.9 Å². The van der Waals surface area contributed by atoms with E-state index in [1.54, 1.807) is 17.6 Å². The molecule has 0 fully saturated rings. The van der Waals surface area contributed by atoms with Gasteiger partial charge in [0.1, 0.15) is 5.75 Å². The number of halogens is 2. The Kier molecular flexibility index (Phi) is 5.78. The molecule has 0 saturated carbocycles. The summed E-state index contributed by atoms with van der Waals surface area (Å²) in [4.78, 5) is 5.56. The van der Waals surface area contributed by atoms with Gasteiger partial charge in [-0.2, -0.15) is 5.10 Å². The number of ether oxygens (including phenoxy) is 1. The third-order valence-corrected chi connectivity index (χ3v) is 4.87. The van der Waals surface area contributed by atoms with Crippen LogP contribution in [-0.2, 0) is 0 Å². The third-order valence-electron chi connectivity index (χ3n) is 2.71. The number of hydrazone groups is 1. The van der Waals surface area contributed by atoms with E-state index in [4.69, 9.17) is 4.74 Å². The van der Waals surface area contributed by atoms with Gasteiger partial charge in [-0.05, 0) is 70.3 Å². The molecule has 1 aromatic carbocycles. The second-order valence-electron chi connectivity index (χ2n) is 4.28. The van der Waals surface area contributed by atoms with E-state index in [-0.39, 0.29) is 0 Å². The zero-order chi connectivity index (χ0) is 15.4. The zero-order valence-corrected chi connectivity index (χ0v) is 15.9. The van der Waals surface area contributed by atoms with Crippen LogP contribution in [0.4, 0.5) is 5.13 Å². The monoisotopic (exact) mass is 431 g/mol. The highest BCUT2D eigenvalue weighted by Gasteiger charge is 2.07. The minimum absolute atomic E-state index is 0.620. The van der Waals surface area contributed by atoms with Crippen LogP contribution in [0.5, 0.6) is 5.75 Å². The van der Waals surface area contributed by atoms with Crippen LogP contribution >= 0.6 is 43.2 Å². The topological polar surface area (TPSA) is 46.5 Å². The summed E-state index contributed by atoms with van der Waals surface area (Å²) in [6.07, 6.45) is 1.75. The van der Waals surface area contributed by atoms with E-state index in [2.05, 4.69) is 47.4 Å². The number of nitrogens with zero attached hydrogens (tertiary/aromatic N) is 2. The first-order chi connectivity index (χ1) is 10.0. The molecule has 0 bridgehead atoms. The summed E-state index contributed by atoms with van der Waals surface area (Å²) in [5, 5.41) is 5.01. The molecular weight excluding hydrogens is 418 g/mol. The van der Waals surface area contributed by atoms with Crippen molar-refractivity contribution in [2.75, 3.05) is 12.0 Å². The fourth-order valence-electron chi connectivity index (χ4n) is 1.62. The molecule has 0 saturated heterocycles. The number of hydrogen-bond donors (Lipinski definition) is 1. The Morgan fingerprint density at radius 1 is 1.33 bits per heavy atom. The van der Waals surface area contributed by atoms with E-state index in [9.17, 15) is 0 Å². The molecule has 0 spiro atoms. The van der Waals surface area contributed by atoms with Crippen molar-refractivity contribution in [2.45, 2.75) is 20.8 Å². The summed E-state index contributed by atoms with van der Waals surface area (Å²) in [5.41, 5.74) is 4.93. The van der Waals surface area contributed by atoms with Crippen LogP contribution < -0.4 is 10.2 Å². The van der Waals surface area contributed by atoms with Gasteiger partial charge in [-0.3, -0.25) is 5.43 Å². The summed E-state index contributed by atoms with van der Waals surface area (Å²) >= 11 is 8.59. The van der Waals surface area contributed by atoms with Crippen molar-refractivity contribution in [3.63, 3.8) is 0 Å². The number of benzene rings is 1. The highest BCUT2D eigenvalue weighted by Crippen LogP contribution is 2.34. The molecule has 0 aliphatic rings. The van der Waals surface area contributed by atoms with Gasteiger partial charge in [-0.15, -0.1) is 11.3 Å². The van der Waals surface area contributed by atoms with Crippen molar-refractivity contribution in [1.82, 2.24) is 4.98 Å². The smallest absolute Gasteiger partial charge is 0.203 e. The summed E-state index contributed by atoms with van der Waals surface area (Å²) in [6, 6.07) is 3.92. The van der Waals surface area contributed by atoms with Gasteiger partial charge in [-0.25, -0.2) is 4.98 Å². The molecular formula is C14H15Br2N3OS. The average Bonchev–Trinajstić information content (AvgIpc) is 2.73.